The lowest BCUT2D eigenvalue weighted by molar-refractivity contribution is -0.117. The largest absolute Gasteiger partial charge is 0.364 e. The SMILES string of the molecule is CC(C)CCC1=CCN(Cc2ccccn2)/C(C(C)I)=C(/C(=O)NCC2=CC(F)=C(F)CC2)CC=N1. The van der Waals surface area contributed by atoms with E-state index in [2.05, 4.69) is 64.6 Å². The summed E-state index contributed by atoms with van der Waals surface area (Å²) in [5.74, 6) is -1.22. The van der Waals surface area contributed by atoms with Crippen molar-refractivity contribution in [2.45, 2.75) is 63.3 Å². The maximum Gasteiger partial charge on any atom is 0.249 e. The van der Waals surface area contributed by atoms with Gasteiger partial charge in [-0.25, -0.2) is 8.78 Å². The van der Waals surface area contributed by atoms with Gasteiger partial charge >= 0.3 is 0 Å². The molecule has 2 aliphatic rings. The molecule has 0 saturated carbocycles. The quantitative estimate of drug-likeness (QED) is 0.250. The summed E-state index contributed by atoms with van der Waals surface area (Å²) in [6, 6.07) is 5.84. The summed E-state index contributed by atoms with van der Waals surface area (Å²) in [6.45, 7) is 7.83. The Hall–Kier alpha value is -2.36. The number of hydrogen-bond donors (Lipinski definition) is 1. The van der Waals surface area contributed by atoms with Gasteiger partial charge in [-0.05, 0) is 62.0 Å². The van der Waals surface area contributed by atoms with Gasteiger partial charge in [0, 0.05) is 59.2 Å². The Morgan fingerprint density at radius 3 is 2.69 bits per heavy atom. The molecule has 1 aromatic rings. The molecule has 1 amide bonds. The van der Waals surface area contributed by atoms with E-state index < -0.39 is 11.7 Å². The lowest BCUT2D eigenvalue weighted by Gasteiger charge is -2.30. The van der Waals surface area contributed by atoms with Crippen LogP contribution in [0.3, 0.4) is 0 Å². The van der Waals surface area contributed by atoms with Gasteiger partial charge in [0.1, 0.15) is 5.83 Å². The van der Waals surface area contributed by atoms with Crippen LogP contribution in [-0.2, 0) is 11.3 Å². The predicted molar refractivity (Wildman–Crippen MR) is 150 cm³/mol. The number of halogens is 3. The summed E-state index contributed by atoms with van der Waals surface area (Å²) in [5, 5.41) is 2.95. The zero-order valence-corrected chi connectivity index (χ0v) is 23.4. The zero-order chi connectivity index (χ0) is 26.1. The molecular formula is C28H35F2IN4O. The van der Waals surface area contributed by atoms with Crippen molar-refractivity contribution in [3.05, 3.63) is 76.4 Å². The van der Waals surface area contributed by atoms with Crippen LogP contribution < -0.4 is 5.32 Å². The van der Waals surface area contributed by atoms with Gasteiger partial charge in [-0.1, -0.05) is 42.5 Å². The Morgan fingerprint density at radius 1 is 1.22 bits per heavy atom. The number of aliphatic imine (C=N–C) groups is 1. The fourth-order valence-corrected chi connectivity index (χ4v) is 4.99. The highest BCUT2D eigenvalue weighted by Gasteiger charge is 2.25. The van der Waals surface area contributed by atoms with Gasteiger partial charge in [-0.2, -0.15) is 0 Å². The maximum atomic E-state index is 13.7. The van der Waals surface area contributed by atoms with Crippen LogP contribution in [0, 0.1) is 5.92 Å². The Bertz CT molecular complexity index is 1070. The monoisotopic (exact) mass is 608 g/mol. The number of allylic oxidation sites excluding steroid dienone is 5. The molecule has 194 valence electrons. The number of nitrogens with zero attached hydrogens (tertiary/aromatic N) is 3. The summed E-state index contributed by atoms with van der Waals surface area (Å²) in [7, 11) is 0. The summed E-state index contributed by atoms with van der Waals surface area (Å²) in [5.41, 5.74) is 4.18. The highest BCUT2D eigenvalue weighted by Crippen LogP contribution is 2.28. The first kappa shape index (κ1) is 28.2. The summed E-state index contributed by atoms with van der Waals surface area (Å²) in [6.07, 6.45) is 9.67. The third kappa shape index (κ3) is 8.35. The number of carbonyl (C=O) groups excluding carboxylic acids is 1. The Labute approximate surface area is 226 Å². The van der Waals surface area contributed by atoms with E-state index in [-0.39, 0.29) is 22.8 Å². The molecule has 8 heteroatoms. The minimum Gasteiger partial charge on any atom is -0.364 e. The molecule has 0 spiro atoms. The summed E-state index contributed by atoms with van der Waals surface area (Å²) in [4.78, 5) is 24.9. The fourth-order valence-electron chi connectivity index (χ4n) is 4.22. The van der Waals surface area contributed by atoms with Crippen molar-refractivity contribution < 1.29 is 13.6 Å². The van der Waals surface area contributed by atoms with Crippen LogP contribution >= 0.6 is 22.6 Å². The molecule has 0 bridgehead atoms. The third-order valence-electron chi connectivity index (χ3n) is 6.19. The van der Waals surface area contributed by atoms with E-state index in [0.29, 0.717) is 43.0 Å². The van der Waals surface area contributed by atoms with E-state index >= 15 is 0 Å². The number of alkyl halides is 1. The van der Waals surface area contributed by atoms with Crippen molar-refractivity contribution in [2.75, 3.05) is 13.1 Å². The van der Waals surface area contributed by atoms with E-state index in [1.54, 1.807) is 6.20 Å². The summed E-state index contributed by atoms with van der Waals surface area (Å²) < 4.78 is 27.1. The van der Waals surface area contributed by atoms with E-state index in [1.165, 1.54) is 6.08 Å². The normalized spacial score (nSPS) is 19.9. The van der Waals surface area contributed by atoms with Crippen LogP contribution in [0.5, 0.6) is 0 Å². The van der Waals surface area contributed by atoms with Crippen LogP contribution in [0.15, 0.2) is 75.7 Å². The average Bonchev–Trinajstić information content (AvgIpc) is 2.93. The smallest absolute Gasteiger partial charge is 0.249 e. The molecule has 0 radical (unpaired) electrons. The maximum absolute atomic E-state index is 13.7. The topological polar surface area (TPSA) is 57.6 Å². The molecule has 2 heterocycles. The second kappa shape index (κ2) is 13.8. The lowest BCUT2D eigenvalue weighted by atomic mass is 10.0. The van der Waals surface area contributed by atoms with Gasteiger partial charge in [0.25, 0.3) is 0 Å². The number of nitrogens with one attached hydrogen (secondary N) is 1. The number of hydrogen-bond acceptors (Lipinski definition) is 4. The minimum absolute atomic E-state index is 0.0294. The van der Waals surface area contributed by atoms with Crippen LogP contribution in [0.25, 0.3) is 0 Å². The summed E-state index contributed by atoms with van der Waals surface area (Å²) >= 11 is 2.34. The Balaban J connectivity index is 1.91. The molecule has 1 aliphatic carbocycles. The van der Waals surface area contributed by atoms with Crippen molar-refractivity contribution in [2.24, 2.45) is 10.9 Å². The van der Waals surface area contributed by atoms with Crippen LogP contribution in [-0.4, -0.2) is 39.0 Å². The fraction of sp³-hybridized carbons (Fsp3) is 0.464. The van der Waals surface area contributed by atoms with Gasteiger partial charge in [-0.3, -0.25) is 14.8 Å². The molecule has 1 atom stereocenters. The van der Waals surface area contributed by atoms with E-state index in [1.807, 2.05) is 24.4 Å². The first-order valence-electron chi connectivity index (χ1n) is 12.5. The zero-order valence-electron chi connectivity index (χ0n) is 21.2. The first-order chi connectivity index (χ1) is 17.2. The molecule has 0 saturated heterocycles. The van der Waals surface area contributed by atoms with Gasteiger partial charge in [-0.15, -0.1) is 0 Å². The van der Waals surface area contributed by atoms with Crippen molar-refractivity contribution in [1.29, 1.82) is 0 Å². The predicted octanol–water partition coefficient (Wildman–Crippen LogP) is 6.74. The molecule has 1 aromatic heterocycles. The second-order valence-electron chi connectivity index (χ2n) is 9.56. The third-order valence-corrected chi connectivity index (χ3v) is 6.78. The molecular weight excluding hydrogens is 573 g/mol. The molecule has 5 nitrogen and oxygen atoms in total. The number of rotatable bonds is 9. The van der Waals surface area contributed by atoms with Crippen LogP contribution in [0.2, 0.25) is 0 Å². The molecule has 0 fully saturated rings. The highest BCUT2D eigenvalue weighted by molar-refractivity contribution is 14.1. The average molecular weight is 609 g/mol. The minimum atomic E-state index is -0.845. The number of aromatic nitrogens is 1. The molecule has 1 N–H and O–H groups in total. The Kier molecular flexibility index (Phi) is 10.8. The van der Waals surface area contributed by atoms with Gasteiger partial charge in [0.2, 0.25) is 5.91 Å². The second-order valence-corrected chi connectivity index (χ2v) is 11.4. The molecule has 1 unspecified atom stereocenters. The molecule has 0 aromatic carbocycles. The van der Waals surface area contributed by atoms with Crippen molar-refractivity contribution in [1.82, 2.24) is 15.2 Å². The molecule has 36 heavy (non-hydrogen) atoms. The number of carbonyl (C=O) groups is 1. The number of pyridine rings is 1. The van der Waals surface area contributed by atoms with Gasteiger partial charge in [0.15, 0.2) is 5.83 Å². The highest BCUT2D eigenvalue weighted by atomic mass is 127. The van der Waals surface area contributed by atoms with E-state index in [9.17, 15) is 13.6 Å². The Morgan fingerprint density at radius 2 is 2.03 bits per heavy atom. The van der Waals surface area contributed by atoms with Gasteiger partial charge in [0.05, 0.1) is 12.2 Å². The molecule has 1 aliphatic heterocycles. The van der Waals surface area contributed by atoms with Crippen molar-refractivity contribution in [3.8, 4) is 0 Å². The van der Waals surface area contributed by atoms with Crippen molar-refractivity contribution >= 4 is 34.7 Å². The molecule has 3 rings (SSSR count). The van der Waals surface area contributed by atoms with Crippen molar-refractivity contribution in [3.63, 3.8) is 0 Å². The first-order valence-corrected chi connectivity index (χ1v) is 13.7. The van der Waals surface area contributed by atoms with Gasteiger partial charge < -0.3 is 10.2 Å². The standard InChI is InChI=1S/C28H35F2IN4O/c1-19(2)7-9-22-12-15-35(18-23-6-4-5-13-32-23)27(20(3)31)24(11-14-33-22)28(36)34-17-21-8-10-25(29)26(30)16-21/h4-6,12-14,16,19-20H,7-11,15,17-18H2,1-3H3,(H,34,36)/b22-12?,27-24+,33-14?. The van der Waals surface area contributed by atoms with E-state index in [4.69, 9.17) is 4.99 Å². The number of amides is 1. The lowest BCUT2D eigenvalue weighted by Crippen LogP contribution is -2.34. The van der Waals surface area contributed by atoms with Crippen LogP contribution in [0.4, 0.5) is 8.78 Å². The van der Waals surface area contributed by atoms with Crippen LogP contribution in [0.1, 0.15) is 58.6 Å². The van der Waals surface area contributed by atoms with E-state index in [0.717, 1.165) is 29.9 Å².